The molecule has 0 aliphatic heterocycles. The quantitative estimate of drug-likeness (QED) is 0.596. The summed E-state index contributed by atoms with van der Waals surface area (Å²) in [4.78, 5) is 13.1. The van der Waals surface area contributed by atoms with Gasteiger partial charge in [0, 0.05) is 19.0 Å². The molecule has 0 radical (unpaired) electrons. The molecule has 0 fully saturated rings. The molecule has 122 valence electrons. The van der Waals surface area contributed by atoms with Crippen LogP contribution in [0.25, 0.3) is 33.5 Å². The largest absolute Gasteiger partial charge is 0.342 e. The maximum Gasteiger partial charge on any atom is 0.140 e. The zero-order valence-electron chi connectivity index (χ0n) is 14.4. The number of aromatic nitrogens is 4. The highest BCUT2D eigenvalue weighted by Crippen LogP contribution is 2.29. The minimum Gasteiger partial charge on any atom is -0.342 e. The Hall–Kier alpha value is -2.62. The predicted molar refractivity (Wildman–Crippen MR) is 99.2 cm³/mol. The molecule has 4 heteroatoms. The van der Waals surface area contributed by atoms with E-state index in [-0.39, 0.29) is 0 Å². The van der Waals surface area contributed by atoms with Crippen LogP contribution < -0.4 is 0 Å². The molecule has 0 aliphatic carbocycles. The van der Waals surface area contributed by atoms with Gasteiger partial charge in [-0.15, -0.1) is 0 Å². The molecule has 0 unspecified atom stereocenters. The van der Waals surface area contributed by atoms with Gasteiger partial charge >= 0.3 is 0 Å². The summed E-state index contributed by atoms with van der Waals surface area (Å²) in [7, 11) is 2.08. The van der Waals surface area contributed by atoms with E-state index in [4.69, 9.17) is 9.97 Å². The van der Waals surface area contributed by atoms with Crippen molar-refractivity contribution in [1.29, 1.82) is 0 Å². The molecule has 2 heterocycles. The van der Waals surface area contributed by atoms with Gasteiger partial charge in [-0.3, -0.25) is 0 Å². The molecule has 4 nitrogen and oxygen atoms in total. The lowest BCUT2D eigenvalue weighted by Crippen LogP contribution is -1.94. The minimum atomic E-state index is 0.963. The van der Waals surface area contributed by atoms with Gasteiger partial charge in [0.1, 0.15) is 11.6 Å². The van der Waals surface area contributed by atoms with Crippen LogP contribution in [0, 0.1) is 0 Å². The van der Waals surface area contributed by atoms with E-state index in [9.17, 15) is 0 Å². The van der Waals surface area contributed by atoms with Gasteiger partial charge in [0.25, 0.3) is 0 Å². The molecule has 0 saturated carbocycles. The van der Waals surface area contributed by atoms with Crippen LogP contribution in [0.3, 0.4) is 0 Å². The number of aromatic amines is 1. The summed E-state index contributed by atoms with van der Waals surface area (Å²) in [5, 5.41) is 0. The number of H-pyrrole nitrogens is 1. The first-order valence-corrected chi connectivity index (χ1v) is 8.64. The number of rotatable bonds is 4. The molecule has 2 aromatic heterocycles. The molecule has 4 rings (SSSR count). The zero-order chi connectivity index (χ0) is 16.7. The van der Waals surface area contributed by atoms with Gasteiger partial charge in [-0.25, -0.2) is 9.97 Å². The van der Waals surface area contributed by atoms with Crippen LogP contribution >= 0.6 is 0 Å². The van der Waals surface area contributed by atoms with E-state index >= 15 is 0 Å². The van der Waals surface area contributed by atoms with Crippen LogP contribution in [0.5, 0.6) is 0 Å². The summed E-state index contributed by atoms with van der Waals surface area (Å²) < 4.78 is 2.17. The Labute approximate surface area is 141 Å². The second-order valence-corrected chi connectivity index (χ2v) is 6.30. The van der Waals surface area contributed by atoms with E-state index in [1.54, 1.807) is 0 Å². The first-order valence-electron chi connectivity index (χ1n) is 8.64. The van der Waals surface area contributed by atoms with Crippen LogP contribution in [0.2, 0.25) is 0 Å². The molecule has 2 aromatic carbocycles. The van der Waals surface area contributed by atoms with Gasteiger partial charge in [0.05, 0.1) is 22.1 Å². The Bertz CT molecular complexity index is 1020. The Morgan fingerprint density at radius 1 is 1.08 bits per heavy atom. The normalized spacial score (nSPS) is 11.6. The highest BCUT2D eigenvalue weighted by Gasteiger charge is 2.14. The molecule has 0 amide bonds. The maximum absolute atomic E-state index is 4.84. The summed E-state index contributed by atoms with van der Waals surface area (Å²) >= 11 is 0. The van der Waals surface area contributed by atoms with Crippen molar-refractivity contribution >= 4 is 22.1 Å². The smallest absolute Gasteiger partial charge is 0.140 e. The lowest BCUT2D eigenvalue weighted by Gasteiger charge is -2.06. The van der Waals surface area contributed by atoms with Crippen molar-refractivity contribution in [3.8, 4) is 11.4 Å². The Morgan fingerprint density at radius 2 is 1.92 bits per heavy atom. The van der Waals surface area contributed by atoms with Crippen LogP contribution in [0.1, 0.15) is 31.7 Å². The monoisotopic (exact) mass is 318 g/mol. The van der Waals surface area contributed by atoms with E-state index in [1.165, 1.54) is 5.56 Å². The lowest BCUT2D eigenvalue weighted by molar-refractivity contribution is 0.861. The van der Waals surface area contributed by atoms with Gasteiger partial charge in [-0.1, -0.05) is 26.0 Å². The van der Waals surface area contributed by atoms with Crippen molar-refractivity contribution in [2.45, 2.75) is 33.1 Å². The first kappa shape index (κ1) is 14.9. The Kier molecular flexibility index (Phi) is 3.60. The third-order valence-corrected chi connectivity index (χ3v) is 4.63. The fourth-order valence-electron chi connectivity index (χ4n) is 3.40. The van der Waals surface area contributed by atoms with E-state index in [2.05, 4.69) is 60.8 Å². The Morgan fingerprint density at radius 3 is 2.67 bits per heavy atom. The SMILES string of the molecule is CCCc1nc2c(CC)cc(-c3nc4ccccc4n3C)cc2[nH]1. The van der Waals surface area contributed by atoms with Crippen molar-refractivity contribution in [3.63, 3.8) is 0 Å². The third-order valence-electron chi connectivity index (χ3n) is 4.63. The number of aryl methyl sites for hydroxylation is 3. The standard InChI is InChI=1S/C20H22N4/c1-4-8-18-21-16-12-14(11-13(5-2)19(16)23-18)20-22-15-9-6-7-10-17(15)24(20)3/h6-7,9-12H,4-5,8H2,1-3H3,(H,21,23). The molecule has 0 saturated heterocycles. The number of nitrogens with zero attached hydrogens (tertiary/aromatic N) is 3. The molecule has 1 N–H and O–H groups in total. The number of benzene rings is 2. The summed E-state index contributed by atoms with van der Waals surface area (Å²) in [6.07, 6.45) is 3.04. The highest BCUT2D eigenvalue weighted by molar-refractivity contribution is 5.87. The van der Waals surface area contributed by atoms with Crippen LogP contribution in [0.4, 0.5) is 0 Å². The number of nitrogens with one attached hydrogen (secondary N) is 1. The number of hydrogen-bond acceptors (Lipinski definition) is 2. The van der Waals surface area contributed by atoms with Gasteiger partial charge in [0.2, 0.25) is 0 Å². The summed E-state index contributed by atoms with van der Waals surface area (Å²) in [6, 6.07) is 12.7. The minimum absolute atomic E-state index is 0.963. The van der Waals surface area contributed by atoms with E-state index in [0.717, 1.165) is 58.5 Å². The van der Waals surface area contributed by atoms with Crippen molar-refractivity contribution in [2.24, 2.45) is 7.05 Å². The van der Waals surface area contributed by atoms with E-state index in [0.29, 0.717) is 0 Å². The third kappa shape index (κ3) is 2.30. The number of para-hydroxylation sites is 2. The Balaban J connectivity index is 1.93. The number of fused-ring (bicyclic) bond motifs is 2. The van der Waals surface area contributed by atoms with E-state index < -0.39 is 0 Å². The van der Waals surface area contributed by atoms with Crippen LogP contribution in [0.15, 0.2) is 36.4 Å². The summed E-state index contributed by atoms with van der Waals surface area (Å²) in [5.41, 5.74) is 6.81. The van der Waals surface area contributed by atoms with Gasteiger partial charge in [-0.05, 0) is 42.7 Å². The average molecular weight is 318 g/mol. The summed E-state index contributed by atoms with van der Waals surface area (Å²) in [6.45, 7) is 4.36. The van der Waals surface area contributed by atoms with Gasteiger partial charge in [0.15, 0.2) is 0 Å². The fraction of sp³-hybridized carbons (Fsp3) is 0.300. The molecular formula is C20H22N4. The van der Waals surface area contributed by atoms with Crippen molar-refractivity contribution in [1.82, 2.24) is 19.5 Å². The first-order chi connectivity index (χ1) is 11.7. The van der Waals surface area contributed by atoms with Crippen LogP contribution in [-0.2, 0) is 19.9 Å². The molecule has 0 aliphatic rings. The van der Waals surface area contributed by atoms with Crippen molar-refractivity contribution in [2.75, 3.05) is 0 Å². The number of imidazole rings is 2. The maximum atomic E-state index is 4.84. The molecule has 0 bridgehead atoms. The second kappa shape index (κ2) is 5.78. The molecule has 0 atom stereocenters. The second-order valence-electron chi connectivity index (χ2n) is 6.30. The predicted octanol–water partition coefficient (Wildman–Crippen LogP) is 4.63. The highest BCUT2D eigenvalue weighted by atomic mass is 15.1. The zero-order valence-corrected chi connectivity index (χ0v) is 14.4. The van der Waals surface area contributed by atoms with Gasteiger partial charge in [-0.2, -0.15) is 0 Å². The number of hydrogen-bond donors (Lipinski definition) is 1. The van der Waals surface area contributed by atoms with E-state index in [1.807, 2.05) is 6.07 Å². The lowest BCUT2D eigenvalue weighted by atomic mass is 10.1. The van der Waals surface area contributed by atoms with Crippen molar-refractivity contribution < 1.29 is 0 Å². The van der Waals surface area contributed by atoms with Crippen LogP contribution in [-0.4, -0.2) is 19.5 Å². The average Bonchev–Trinajstić information content (AvgIpc) is 3.15. The summed E-state index contributed by atoms with van der Waals surface area (Å²) in [5.74, 6) is 2.07. The molecule has 4 aromatic rings. The fourth-order valence-corrected chi connectivity index (χ4v) is 3.40. The topological polar surface area (TPSA) is 46.5 Å². The molecular weight excluding hydrogens is 296 g/mol. The van der Waals surface area contributed by atoms with Gasteiger partial charge < -0.3 is 9.55 Å². The molecule has 24 heavy (non-hydrogen) atoms. The molecule has 0 spiro atoms. The van der Waals surface area contributed by atoms with Crippen molar-refractivity contribution in [3.05, 3.63) is 47.8 Å².